The molecule has 1 aliphatic rings. The molecule has 0 radical (unpaired) electrons. The Morgan fingerprint density at radius 2 is 1.83 bits per heavy atom. The molecule has 0 saturated carbocycles. The van der Waals surface area contributed by atoms with Gasteiger partial charge in [-0.25, -0.2) is 9.79 Å². The predicted molar refractivity (Wildman–Crippen MR) is 108 cm³/mol. The van der Waals surface area contributed by atoms with Gasteiger partial charge in [0.05, 0.1) is 11.1 Å². The predicted octanol–water partition coefficient (Wildman–Crippen LogP) is 4.42. The minimum Gasteiger partial charge on any atom is -0.490 e. The number of carbonyl (C=O) groups is 1. The average molecular weight is 441 g/mol. The van der Waals surface area contributed by atoms with Crippen molar-refractivity contribution in [1.29, 1.82) is 0 Å². The Morgan fingerprint density at radius 1 is 1.17 bits per heavy atom. The highest BCUT2D eigenvalue weighted by Crippen LogP contribution is 2.34. The minimum atomic E-state index is -4.36. The summed E-state index contributed by atoms with van der Waals surface area (Å²) in [6.07, 6.45) is -3.07. The van der Waals surface area contributed by atoms with Crippen molar-refractivity contribution in [2.45, 2.75) is 30.0 Å². The standard InChI is InChI=1S/C20H22F3N3O3S/c1-24-16-3-2-4-17(18(16)19(27)25-28)30-26-11-9-15(10-12-26)29-14-7-5-13(6-8-14)20(21,22)23/h2-8,15,24,28H,9-12H2,1H3,(H,25,27). The van der Waals surface area contributed by atoms with E-state index in [1.165, 1.54) is 24.1 Å². The maximum atomic E-state index is 12.7. The van der Waals surface area contributed by atoms with Crippen molar-refractivity contribution in [3.8, 4) is 5.75 Å². The van der Waals surface area contributed by atoms with Gasteiger partial charge >= 0.3 is 6.18 Å². The van der Waals surface area contributed by atoms with Gasteiger partial charge in [0.15, 0.2) is 0 Å². The Morgan fingerprint density at radius 3 is 2.40 bits per heavy atom. The minimum absolute atomic E-state index is 0.0950. The van der Waals surface area contributed by atoms with Crippen LogP contribution < -0.4 is 15.5 Å². The third-order valence-electron chi connectivity index (χ3n) is 4.74. The fraction of sp³-hybridized carbons (Fsp3) is 0.350. The van der Waals surface area contributed by atoms with Gasteiger partial charge in [0, 0.05) is 30.7 Å². The van der Waals surface area contributed by atoms with E-state index in [1.54, 1.807) is 24.7 Å². The fourth-order valence-corrected chi connectivity index (χ4v) is 4.31. The van der Waals surface area contributed by atoms with Crippen LogP contribution in [0.3, 0.4) is 0 Å². The van der Waals surface area contributed by atoms with Gasteiger partial charge in [0.25, 0.3) is 5.91 Å². The molecule has 162 valence electrons. The smallest absolute Gasteiger partial charge is 0.416 e. The first-order chi connectivity index (χ1) is 14.3. The summed E-state index contributed by atoms with van der Waals surface area (Å²) >= 11 is 1.42. The number of nitrogens with zero attached hydrogens (tertiary/aromatic N) is 1. The van der Waals surface area contributed by atoms with Gasteiger partial charge in [0.1, 0.15) is 11.9 Å². The van der Waals surface area contributed by atoms with E-state index in [1.807, 2.05) is 6.07 Å². The van der Waals surface area contributed by atoms with Gasteiger partial charge in [-0.1, -0.05) is 6.07 Å². The average Bonchev–Trinajstić information content (AvgIpc) is 2.74. The highest BCUT2D eigenvalue weighted by atomic mass is 32.2. The summed E-state index contributed by atoms with van der Waals surface area (Å²) in [7, 11) is 1.70. The molecule has 10 heteroatoms. The van der Waals surface area contributed by atoms with Crippen molar-refractivity contribution < 1.29 is 27.9 Å². The lowest BCUT2D eigenvalue weighted by Crippen LogP contribution is -2.34. The fourth-order valence-electron chi connectivity index (χ4n) is 3.20. The molecule has 0 bridgehead atoms. The third-order valence-corrected chi connectivity index (χ3v) is 5.90. The number of carbonyl (C=O) groups excluding carboxylic acids is 1. The van der Waals surface area contributed by atoms with Crippen LogP contribution >= 0.6 is 11.9 Å². The first-order valence-electron chi connectivity index (χ1n) is 9.34. The molecule has 3 N–H and O–H groups in total. The van der Waals surface area contributed by atoms with Gasteiger partial charge in [-0.05, 0) is 61.2 Å². The molecule has 2 aromatic rings. The van der Waals surface area contributed by atoms with Gasteiger partial charge < -0.3 is 10.1 Å². The lowest BCUT2D eigenvalue weighted by molar-refractivity contribution is -0.137. The van der Waals surface area contributed by atoms with E-state index in [0.717, 1.165) is 12.1 Å². The summed E-state index contributed by atoms with van der Waals surface area (Å²) in [6.45, 7) is 1.36. The summed E-state index contributed by atoms with van der Waals surface area (Å²) in [4.78, 5) is 12.8. The lowest BCUT2D eigenvalue weighted by atomic mass is 10.1. The van der Waals surface area contributed by atoms with Crippen LogP contribution in [-0.4, -0.2) is 41.7 Å². The van der Waals surface area contributed by atoms with Crippen LogP contribution in [0.4, 0.5) is 18.9 Å². The van der Waals surface area contributed by atoms with E-state index in [4.69, 9.17) is 9.94 Å². The quantitative estimate of drug-likeness (QED) is 0.350. The van der Waals surface area contributed by atoms with E-state index in [9.17, 15) is 18.0 Å². The summed E-state index contributed by atoms with van der Waals surface area (Å²) in [5, 5.41) is 12.0. The van der Waals surface area contributed by atoms with Crippen LogP contribution in [0.15, 0.2) is 47.4 Å². The van der Waals surface area contributed by atoms with Crippen molar-refractivity contribution in [3.63, 3.8) is 0 Å². The van der Waals surface area contributed by atoms with E-state index >= 15 is 0 Å². The highest BCUT2D eigenvalue weighted by molar-refractivity contribution is 7.97. The van der Waals surface area contributed by atoms with Gasteiger partial charge in [-0.15, -0.1) is 0 Å². The Hall–Kier alpha value is -2.43. The molecular weight excluding hydrogens is 419 g/mol. The molecular formula is C20H22F3N3O3S. The summed E-state index contributed by atoms with van der Waals surface area (Å²) in [6, 6.07) is 10.1. The monoisotopic (exact) mass is 441 g/mol. The van der Waals surface area contributed by atoms with E-state index in [2.05, 4.69) is 9.62 Å². The zero-order valence-corrected chi connectivity index (χ0v) is 17.0. The number of anilines is 1. The number of amides is 1. The Labute approximate surface area is 176 Å². The van der Waals surface area contributed by atoms with Gasteiger partial charge in [-0.2, -0.15) is 13.2 Å². The maximum absolute atomic E-state index is 12.7. The topological polar surface area (TPSA) is 73.8 Å². The third kappa shape index (κ3) is 5.38. The first-order valence-corrected chi connectivity index (χ1v) is 10.1. The van der Waals surface area contributed by atoms with Crippen LogP contribution in [0, 0.1) is 0 Å². The number of hydroxylamine groups is 1. The van der Waals surface area contributed by atoms with E-state index in [-0.39, 0.29) is 6.10 Å². The number of benzene rings is 2. The molecule has 0 aliphatic carbocycles. The molecule has 1 fully saturated rings. The number of ether oxygens (including phenoxy) is 1. The van der Waals surface area contributed by atoms with Crippen molar-refractivity contribution in [3.05, 3.63) is 53.6 Å². The second-order valence-corrected chi connectivity index (χ2v) is 7.87. The molecule has 1 aliphatic heterocycles. The Bertz CT molecular complexity index is 870. The van der Waals surface area contributed by atoms with Crippen molar-refractivity contribution in [2.24, 2.45) is 0 Å². The normalized spacial score (nSPS) is 15.6. The van der Waals surface area contributed by atoms with Crippen LogP contribution in [-0.2, 0) is 6.18 Å². The summed E-state index contributed by atoms with van der Waals surface area (Å²) in [5.74, 6) is -0.180. The van der Waals surface area contributed by atoms with Crippen LogP contribution in [0.1, 0.15) is 28.8 Å². The van der Waals surface area contributed by atoms with Gasteiger partial charge in [0.2, 0.25) is 0 Å². The Kier molecular flexibility index (Phi) is 7.11. The SMILES string of the molecule is CNc1cccc(SN2CCC(Oc3ccc(C(F)(F)F)cc3)CC2)c1C(=O)NO. The number of piperidine rings is 1. The number of hydrogen-bond acceptors (Lipinski definition) is 6. The molecule has 0 aromatic heterocycles. The molecule has 3 rings (SSSR count). The van der Waals surface area contributed by atoms with Crippen molar-refractivity contribution in [1.82, 2.24) is 9.79 Å². The second-order valence-electron chi connectivity index (χ2n) is 6.73. The molecule has 0 atom stereocenters. The number of hydrogen-bond donors (Lipinski definition) is 3. The summed E-state index contributed by atoms with van der Waals surface area (Å²) < 4.78 is 45.9. The zero-order chi connectivity index (χ0) is 21.7. The summed E-state index contributed by atoms with van der Waals surface area (Å²) in [5.41, 5.74) is 1.94. The number of rotatable bonds is 6. The molecule has 2 aromatic carbocycles. The zero-order valence-electron chi connectivity index (χ0n) is 16.2. The lowest BCUT2D eigenvalue weighted by Gasteiger charge is -2.31. The highest BCUT2D eigenvalue weighted by Gasteiger charge is 2.30. The van der Waals surface area contributed by atoms with Crippen molar-refractivity contribution in [2.75, 3.05) is 25.5 Å². The Balaban J connectivity index is 1.58. The molecule has 30 heavy (non-hydrogen) atoms. The number of halogens is 3. The molecule has 0 unspecified atom stereocenters. The number of alkyl halides is 3. The number of nitrogens with one attached hydrogen (secondary N) is 2. The van der Waals surface area contributed by atoms with Crippen molar-refractivity contribution >= 4 is 23.5 Å². The molecule has 1 amide bonds. The molecule has 0 spiro atoms. The maximum Gasteiger partial charge on any atom is 0.416 e. The molecule has 1 heterocycles. The largest absolute Gasteiger partial charge is 0.490 e. The van der Waals surface area contributed by atoms with Gasteiger partial charge in [-0.3, -0.25) is 10.0 Å². The molecule has 1 saturated heterocycles. The second kappa shape index (κ2) is 9.59. The van der Waals surface area contributed by atoms with E-state index in [0.29, 0.717) is 47.8 Å². The van der Waals surface area contributed by atoms with Crippen LogP contribution in [0.25, 0.3) is 0 Å². The van der Waals surface area contributed by atoms with E-state index < -0.39 is 17.6 Å². The molecule has 6 nitrogen and oxygen atoms in total. The van der Waals surface area contributed by atoms with Crippen LogP contribution in [0.2, 0.25) is 0 Å². The van der Waals surface area contributed by atoms with Crippen LogP contribution in [0.5, 0.6) is 5.75 Å². The first kappa shape index (κ1) is 22.3.